The van der Waals surface area contributed by atoms with Gasteiger partial charge in [-0.25, -0.2) is 0 Å². The maximum absolute atomic E-state index is 9.58. The van der Waals surface area contributed by atoms with Crippen molar-refractivity contribution in [2.75, 3.05) is 51.9 Å². The van der Waals surface area contributed by atoms with Gasteiger partial charge in [-0.3, -0.25) is 10.4 Å². The predicted molar refractivity (Wildman–Crippen MR) is 135 cm³/mol. The van der Waals surface area contributed by atoms with Crippen molar-refractivity contribution in [3.63, 3.8) is 0 Å². The first kappa shape index (κ1) is 31.7. The van der Waals surface area contributed by atoms with E-state index in [1.54, 1.807) is 36.2 Å². The SMILES string of the molecule is CN1CCCC(CCl)C1.CN1CCCC(CSc2cccc[n+]2O)C1.O[n+]1ccccc1[S-].[Na+]. The van der Waals surface area contributed by atoms with Crippen molar-refractivity contribution >= 4 is 36.0 Å². The molecule has 0 radical (unpaired) electrons. The summed E-state index contributed by atoms with van der Waals surface area (Å²) in [5.74, 6) is 3.44. The summed E-state index contributed by atoms with van der Waals surface area (Å²) >= 11 is 12.1. The van der Waals surface area contributed by atoms with Crippen molar-refractivity contribution in [3.05, 3.63) is 48.8 Å². The molecule has 0 aromatic carbocycles. The number of pyridine rings is 2. The number of thioether (sulfide) groups is 1. The van der Waals surface area contributed by atoms with Gasteiger partial charge in [0, 0.05) is 47.7 Å². The molecule has 10 heteroatoms. The first-order valence-corrected chi connectivity index (χ1v) is 13.4. The zero-order valence-electron chi connectivity index (χ0n) is 20.7. The van der Waals surface area contributed by atoms with Crippen LogP contribution in [0.2, 0.25) is 0 Å². The first-order valence-electron chi connectivity index (χ1n) is 11.5. The summed E-state index contributed by atoms with van der Waals surface area (Å²) < 4.78 is 2.10. The zero-order chi connectivity index (χ0) is 24.1. The van der Waals surface area contributed by atoms with Crippen LogP contribution in [0, 0.1) is 11.8 Å². The summed E-state index contributed by atoms with van der Waals surface area (Å²) in [4.78, 5) is 4.75. The fourth-order valence-corrected chi connectivity index (χ4v) is 5.40. The van der Waals surface area contributed by atoms with Crippen LogP contribution in [0.25, 0.3) is 0 Å². The third kappa shape index (κ3) is 12.6. The predicted octanol–water partition coefficient (Wildman–Crippen LogP) is 0.334. The van der Waals surface area contributed by atoms with Gasteiger partial charge in [-0.15, -0.1) is 11.6 Å². The summed E-state index contributed by atoms with van der Waals surface area (Å²) in [6, 6.07) is 10.9. The maximum atomic E-state index is 9.58. The normalized spacial score (nSPS) is 20.7. The molecule has 184 valence electrons. The average molecular weight is 537 g/mol. The van der Waals surface area contributed by atoms with E-state index in [0.29, 0.717) is 5.03 Å². The van der Waals surface area contributed by atoms with Crippen molar-refractivity contribution < 1.29 is 49.4 Å². The Morgan fingerprint density at radius 3 is 1.97 bits per heavy atom. The summed E-state index contributed by atoms with van der Waals surface area (Å²) in [6.07, 6.45) is 8.44. The molecule has 34 heavy (non-hydrogen) atoms. The number of piperidine rings is 2. The standard InChI is InChI=1S/C12H19N2OS.C7H14ClN.C5H5NOS.Na/c1-13-7-4-5-11(9-13)10-16-12-6-2-3-8-14(12)15;1-9-4-2-3-7(5-8)6-9;7-6-4-2-1-3-5(6)8;/h2-3,6,8,11,15H,4-5,7,9-10H2,1H3;7H,2-6H2,1H3;1-4,7H;/q+1;;;+1. The second-order valence-corrected chi connectivity index (χ2v) is 10.5. The van der Waals surface area contributed by atoms with Gasteiger partial charge in [0.2, 0.25) is 12.4 Å². The Balaban J connectivity index is 0.000000274. The molecule has 2 aromatic rings. The van der Waals surface area contributed by atoms with Crippen LogP contribution < -0.4 is 39.0 Å². The van der Waals surface area contributed by atoms with Gasteiger partial charge in [-0.05, 0) is 81.6 Å². The fraction of sp³-hybridized carbons (Fsp3) is 0.583. The van der Waals surface area contributed by atoms with Crippen LogP contribution in [-0.2, 0) is 12.6 Å². The van der Waals surface area contributed by atoms with E-state index in [2.05, 4.69) is 36.5 Å². The van der Waals surface area contributed by atoms with E-state index in [1.807, 2.05) is 18.2 Å². The third-order valence-corrected chi connectivity index (χ3v) is 7.75. The topological polar surface area (TPSA) is 54.7 Å². The second-order valence-electron chi connectivity index (χ2n) is 8.77. The molecule has 2 aliphatic rings. The smallest absolute Gasteiger partial charge is 0.705 e. The van der Waals surface area contributed by atoms with E-state index in [9.17, 15) is 5.21 Å². The van der Waals surface area contributed by atoms with Crippen molar-refractivity contribution in [2.24, 2.45) is 11.8 Å². The minimum Gasteiger partial charge on any atom is -0.705 e. The first-order chi connectivity index (χ1) is 15.9. The van der Waals surface area contributed by atoms with Gasteiger partial charge in [-0.2, -0.15) is 0 Å². The number of hydrogen-bond acceptors (Lipinski definition) is 6. The number of hydrogen-bond donors (Lipinski definition) is 2. The molecule has 0 bridgehead atoms. The number of halogens is 1. The molecule has 2 unspecified atom stereocenters. The molecule has 0 saturated carbocycles. The van der Waals surface area contributed by atoms with Gasteiger partial charge in [-0.1, -0.05) is 17.8 Å². The van der Waals surface area contributed by atoms with Crippen molar-refractivity contribution in [2.45, 2.75) is 35.7 Å². The minimum atomic E-state index is 0. The zero-order valence-corrected chi connectivity index (χ0v) is 25.1. The molecule has 6 nitrogen and oxygen atoms in total. The van der Waals surface area contributed by atoms with Gasteiger partial charge >= 0.3 is 29.6 Å². The van der Waals surface area contributed by atoms with Gasteiger partial charge in [0.1, 0.15) is 5.03 Å². The quantitative estimate of drug-likeness (QED) is 0.147. The molecule has 0 amide bonds. The summed E-state index contributed by atoms with van der Waals surface area (Å²) in [7, 11) is 4.35. The van der Waals surface area contributed by atoms with E-state index in [0.717, 1.165) is 33.2 Å². The van der Waals surface area contributed by atoms with Crippen LogP contribution in [0.5, 0.6) is 0 Å². The molecule has 2 N–H and O–H groups in total. The van der Waals surface area contributed by atoms with E-state index < -0.39 is 0 Å². The molecule has 2 aromatic heterocycles. The Kier molecular flexibility index (Phi) is 16.8. The van der Waals surface area contributed by atoms with Crippen molar-refractivity contribution in [1.29, 1.82) is 0 Å². The monoisotopic (exact) mass is 536 g/mol. The second kappa shape index (κ2) is 18.0. The van der Waals surface area contributed by atoms with E-state index in [4.69, 9.17) is 16.8 Å². The van der Waals surface area contributed by atoms with Crippen molar-refractivity contribution in [3.8, 4) is 0 Å². The third-order valence-electron chi connectivity index (χ3n) is 5.74. The van der Waals surface area contributed by atoms with Crippen LogP contribution >= 0.6 is 23.4 Å². The number of aromatic nitrogens is 2. The fourth-order valence-electron chi connectivity index (χ4n) is 3.96. The summed E-state index contributed by atoms with van der Waals surface area (Å²) in [6.45, 7) is 4.87. The molecule has 2 fully saturated rings. The number of likely N-dealkylation sites (tertiary alicyclic amines) is 2. The van der Waals surface area contributed by atoms with Crippen LogP contribution in [0.1, 0.15) is 25.7 Å². The van der Waals surface area contributed by atoms with Crippen LogP contribution in [0.15, 0.2) is 58.8 Å². The average Bonchev–Trinajstić information content (AvgIpc) is 2.81. The van der Waals surface area contributed by atoms with Crippen LogP contribution in [-0.4, -0.2) is 72.1 Å². The van der Waals surface area contributed by atoms with Crippen LogP contribution in [0.4, 0.5) is 0 Å². The van der Waals surface area contributed by atoms with Crippen LogP contribution in [0.3, 0.4) is 0 Å². The maximum Gasteiger partial charge on any atom is 1.00 e. The molecule has 4 rings (SSSR count). The summed E-state index contributed by atoms with van der Waals surface area (Å²) in [5.41, 5.74) is 0. The molecular weight excluding hydrogens is 499 g/mol. The molecular formula is C24H38ClN4NaO2S2+2. The van der Waals surface area contributed by atoms with E-state index in [1.165, 1.54) is 62.8 Å². The van der Waals surface area contributed by atoms with Gasteiger partial charge in [0.25, 0.3) is 5.03 Å². The Morgan fingerprint density at radius 1 is 0.941 bits per heavy atom. The molecule has 2 saturated heterocycles. The Hall–Kier alpha value is -0.320. The summed E-state index contributed by atoms with van der Waals surface area (Å²) in [5, 5.41) is 19.7. The Bertz CT molecular complexity index is 803. The van der Waals surface area contributed by atoms with Gasteiger partial charge < -0.3 is 22.4 Å². The number of rotatable bonds is 4. The Labute approximate surface area is 241 Å². The molecule has 2 atom stereocenters. The molecule has 2 aliphatic heterocycles. The number of alkyl halides is 1. The molecule has 0 spiro atoms. The van der Waals surface area contributed by atoms with E-state index in [-0.39, 0.29) is 29.6 Å². The van der Waals surface area contributed by atoms with Crippen molar-refractivity contribution in [1.82, 2.24) is 9.80 Å². The molecule has 0 aliphatic carbocycles. The minimum absolute atomic E-state index is 0. The van der Waals surface area contributed by atoms with Gasteiger partial charge in [0.15, 0.2) is 0 Å². The molecule has 4 heterocycles. The largest absolute Gasteiger partial charge is 1.00 e. The Morgan fingerprint density at radius 2 is 1.50 bits per heavy atom. The van der Waals surface area contributed by atoms with E-state index >= 15 is 0 Å². The number of nitrogens with zero attached hydrogens (tertiary/aromatic N) is 4. The van der Waals surface area contributed by atoms with Gasteiger partial charge in [0.05, 0.1) is 0 Å².